The lowest BCUT2D eigenvalue weighted by Crippen LogP contribution is -2.47. The predicted octanol–water partition coefficient (Wildman–Crippen LogP) is 2.68. The first-order valence-electron chi connectivity index (χ1n) is 6.66. The van der Waals surface area contributed by atoms with Gasteiger partial charge >= 0.3 is 0 Å². The molecular weight excluding hydrogens is 208 g/mol. The first-order chi connectivity index (χ1) is 8.16. The molecule has 1 aromatic carbocycles. The summed E-state index contributed by atoms with van der Waals surface area (Å²) in [5.74, 6) is 0.736. The number of rotatable bonds is 3. The Hall–Kier alpha value is -0.860. The van der Waals surface area contributed by atoms with Crippen LogP contribution in [0, 0.1) is 5.92 Å². The zero-order valence-electron chi connectivity index (χ0n) is 11.2. The number of nitrogens with one attached hydrogen (secondary N) is 1. The van der Waals surface area contributed by atoms with E-state index in [1.807, 2.05) is 0 Å². The second-order valence-corrected chi connectivity index (χ2v) is 5.43. The van der Waals surface area contributed by atoms with Crippen molar-refractivity contribution in [2.75, 3.05) is 20.1 Å². The summed E-state index contributed by atoms with van der Waals surface area (Å²) in [7, 11) is 2.22. The molecule has 3 atom stereocenters. The topological polar surface area (TPSA) is 15.3 Å². The highest BCUT2D eigenvalue weighted by molar-refractivity contribution is 5.18. The molecule has 1 aromatic rings. The quantitative estimate of drug-likeness (QED) is 0.862. The highest BCUT2D eigenvalue weighted by atomic mass is 15.1. The molecule has 1 saturated heterocycles. The number of likely N-dealkylation sites (tertiary alicyclic amines) is 1. The molecule has 0 aliphatic carbocycles. The fraction of sp³-hybridized carbons (Fsp3) is 0.600. The van der Waals surface area contributed by atoms with Gasteiger partial charge in [0, 0.05) is 18.6 Å². The van der Waals surface area contributed by atoms with Crippen molar-refractivity contribution in [3.8, 4) is 0 Å². The molecule has 94 valence electrons. The zero-order valence-corrected chi connectivity index (χ0v) is 11.2. The summed E-state index contributed by atoms with van der Waals surface area (Å²) in [6, 6.07) is 11.8. The van der Waals surface area contributed by atoms with Gasteiger partial charge in [0.15, 0.2) is 0 Å². The van der Waals surface area contributed by atoms with Gasteiger partial charge < -0.3 is 10.2 Å². The molecule has 0 saturated carbocycles. The van der Waals surface area contributed by atoms with E-state index in [0.717, 1.165) is 5.92 Å². The van der Waals surface area contributed by atoms with E-state index in [1.54, 1.807) is 0 Å². The molecule has 1 N–H and O–H groups in total. The Morgan fingerprint density at radius 1 is 1.29 bits per heavy atom. The zero-order chi connectivity index (χ0) is 12.3. The summed E-state index contributed by atoms with van der Waals surface area (Å²) in [4.78, 5) is 2.43. The van der Waals surface area contributed by atoms with Crippen LogP contribution in [0.25, 0.3) is 0 Å². The Labute approximate surface area is 105 Å². The lowest BCUT2D eigenvalue weighted by molar-refractivity contribution is 0.168. The summed E-state index contributed by atoms with van der Waals surface area (Å²) >= 11 is 0. The Morgan fingerprint density at radius 3 is 2.65 bits per heavy atom. The SMILES string of the molecule is CC(NC1CCN(C)CC1C)c1ccccc1. The fourth-order valence-corrected chi connectivity index (χ4v) is 2.76. The van der Waals surface area contributed by atoms with E-state index in [2.05, 4.69) is 61.4 Å². The Balaban J connectivity index is 1.93. The summed E-state index contributed by atoms with van der Waals surface area (Å²) in [6.07, 6.45) is 1.26. The predicted molar refractivity (Wildman–Crippen MR) is 73.1 cm³/mol. The minimum Gasteiger partial charge on any atom is -0.307 e. The van der Waals surface area contributed by atoms with Crippen LogP contribution in [-0.2, 0) is 0 Å². The van der Waals surface area contributed by atoms with Crippen LogP contribution in [-0.4, -0.2) is 31.1 Å². The lowest BCUT2D eigenvalue weighted by atomic mass is 9.93. The van der Waals surface area contributed by atoms with Crippen molar-refractivity contribution in [3.63, 3.8) is 0 Å². The molecule has 1 heterocycles. The molecular formula is C15H24N2. The van der Waals surface area contributed by atoms with E-state index >= 15 is 0 Å². The minimum atomic E-state index is 0.451. The number of piperidine rings is 1. The van der Waals surface area contributed by atoms with Gasteiger partial charge in [-0.3, -0.25) is 0 Å². The fourth-order valence-electron chi connectivity index (χ4n) is 2.76. The third-order valence-electron chi connectivity index (χ3n) is 3.87. The van der Waals surface area contributed by atoms with Gasteiger partial charge in [0.2, 0.25) is 0 Å². The van der Waals surface area contributed by atoms with Gasteiger partial charge in [0.05, 0.1) is 0 Å². The number of hydrogen-bond acceptors (Lipinski definition) is 2. The van der Waals surface area contributed by atoms with Gasteiger partial charge in [0.1, 0.15) is 0 Å². The van der Waals surface area contributed by atoms with Crippen molar-refractivity contribution >= 4 is 0 Å². The van der Waals surface area contributed by atoms with Crippen molar-refractivity contribution in [1.82, 2.24) is 10.2 Å². The van der Waals surface area contributed by atoms with Gasteiger partial charge in [-0.25, -0.2) is 0 Å². The molecule has 0 bridgehead atoms. The second kappa shape index (κ2) is 5.65. The van der Waals surface area contributed by atoms with Crippen LogP contribution in [0.3, 0.4) is 0 Å². The molecule has 0 amide bonds. The smallest absolute Gasteiger partial charge is 0.0294 e. The molecule has 17 heavy (non-hydrogen) atoms. The highest BCUT2D eigenvalue weighted by Crippen LogP contribution is 2.20. The van der Waals surface area contributed by atoms with Gasteiger partial charge in [-0.1, -0.05) is 37.3 Å². The van der Waals surface area contributed by atoms with Gasteiger partial charge in [-0.05, 0) is 38.4 Å². The van der Waals surface area contributed by atoms with Crippen molar-refractivity contribution < 1.29 is 0 Å². The highest BCUT2D eigenvalue weighted by Gasteiger charge is 2.25. The van der Waals surface area contributed by atoms with E-state index < -0.39 is 0 Å². The largest absolute Gasteiger partial charge is 0.307 e. The molecule has 2 nitrogen and oxygen atoms in total. The van der Waals surface area contributed by atoms with Crippen molar-refractivity contribution in [2.45, 2.75) is 32.4 Å². The number of nitrogens with zero attached hydrogens (tertiary/aromatic N) is 1. The van der Waals surface area contributed by atoms with Crippen LogP contribution in [0.5, 0.6) is 0 Å². The van der Waals surface area contributed by atoms with Crippen LogP contribution in [0.15, 0.2) is 30.3 Å². The van der Waals surface area contributed by atoms with E-state index in [1.165, 1.54) is 25.1 Å². The van der Waals surface area contributed by atoms with Crippen molar-refractivity contribution in [2.24, 2.45) is 5.92 Å². The number of benzene rings is 1. The monoisotopic (exact) mass is 232 g/mol. The molecule has 2 rings (SSSR count). The van der Waals surface area contributed by atoms with Crippen molar-refractivity contribution in [3.05, 3.63) is 35.9 Å². The summed E-state index contributed by atoms with van der Waals surface area (Å²) in [5.41, 5.74) is 1.39. The second-order valence-electron chi connectivity index (χ2n) is 5.43. The molecule has 0 spiro atoms. The van der Waals surface area contributed by atoms with Gasteiger partial charge in [0.25, 0.3) is 0 Å². The van der Waals surface area contributed by atoms with E-state index in [4.69, 9.17) is 0 Å². The maximum absolute atomic E-state index is 3.78. The van der Waals surface area contributed by atoms with Crippen LogP contribution in [0.2, 0.25) is 0 Å². The Morgan fingerprint density at radius 2 is 2.00 bits per heavy atom. The maximum Gasteiger partial charge on any atom is 0.0294 e. The Kier molecular flexibility index (Phi) is 4.19. The molecule has 0 aromatic heterocycles. The third kappa shape index (κ3) is 3.30. The van der Waals surface area contributed by atoms with Gasteiger partial charge in [-0.2, -0.15) is 0 Å². The molecule has 3 unspecified atom stereocenters. The summed E-state index contributed by atoms with van der Waals surface area (Å²) in [5, 5.41) is 3.78. The number of hydrogen-bond donors (Lipinski definition) is 1. The summed E-state index contributed by atoms with van der Waals surface area (Å²) in [6.45, 7) is 7.04. The average Bonchev–Trinajstić information content (AvgIpc) is 2.34. The van der Waals surface area contributed by atoms with E-state index in [-0.39, 0.29) is 0 Å². The van der Waals surface area contributed by atoms with Crippen molar-refractivity contribution in [1.29, 1.82) is 0 Å². The van der Waals surface area contributed by atoms with Gasteiger partial charge in [-0.15, -0.1) is 0 Å². The standard InChI is InChI=1S/C15H24N2/c1-12-11-17(3)10-9-15(12)16-13(2)14-7-5-4-6-8-14/h4-8,12-13,15-16H,9-11H2,1-3H3. The van der Waals surface area contributed by atoms with Crippen LogP contribution in [0.1, 0.15) is 31.9 Å². The average molecular weight is 232 g/mol. The Bertz CT molecular complexity index is 336. The van der Waals surface area contributed by atoms with Crippen LogP contribution >= 0.6 is 0 Å². The van der Waals surface area contributed by atoms with E-state index in [0.29, 0.717) is 12.1 Å². The molecule has 1 aliphatic rings. The summed E-state index contributed by atoms with van der Waals surface area (Å²) < 4.78 is 0. The molecule has 1 fully saturated rings. The van der Waals surface area contributed by atoms with Crippen LogP contribution in [0.4, 0.5) is 0 Å². The minimum absolute atomic E-state index is 0.451. The first-order valence-corrected chi connectivity index (χ1v) is 6.66. The molecule has 1 aliphatic heterocycles. The normalized spacial score (nSPS) is 27.9. The molecule has 0 radical (unpaired) electrons. The van der Waals surface area contributed by atoms with Crippen LogP contribution < -0.4 is 5.32 Å². The third-order valence-corrected chi connectivity index (χ3v) is 3.87. The molecule has 2 heteroatoms. The maximum atomic E-state index is 3.78. The first kappa shape index (κ1) is 12.6. The van der Waals surface area contributed by atoms with E-state index in [9.17, 15) is 0 Å². The lowest BCUT2D eigenvalue weighted by Gasteiger charge is -2.37.